The normalized spacial score (nSPS) is 16.8. The molecule has 2 atom stereocenters. The number of carbonyl (C=O) groups excluding carboxylic acids is 1. The Hall–Kier alpha value is -4.53. The van der Waals surface area contributed by atoms with Gasteiger partial charge in [-0.3, -0.25) is 9.78 Å². The monoisotopic (exact) mass is 586 g/mol. The van der Waals surface area contributed by atoms with E-state index < -0.39 is 11.5 Å². The third-order valence-corrected chi connectivity index (χ3v) is 7.91. The molecular weight excluding hydrogens is 553 g/mol. The molecule has 4 aromatic rings. The first kappa shape index (κ1) is 30.9. The van der Waals surface area contributed by atoms with Gasteiger partial charge in [-0.1, -0.05) is 50.8 Å². The lowest BCUT2D eigenvalue weighted by atomic mass is 9.77. The lowest BCUT2D eigenvalue weighted by molar-refractivity contribution is -0.127. The zero-order valence-corrected chi connectivity index (χ0v) is 25.6. The van der Waals surface area contributed by atoms with E-state index in [-0.39, 0.29) is 40.6 Å². The highest BCUT2D eigenvalue weighted by atomic mass is 19.1. The fraction of sp³-hybridized carbons (Fsp3) is 0.303. The van der Waals surface area contributed by atoms with E-state index >= 15 is 4.39 Å². The van der Waals surface area contributed by atoms with Crippen molar-refractivity contribution in [3.05, 3.63) is 93.7 Å². The van der Waals surface area contributed by atoms with Crippen molar-refractivity contribution < 1.29 is 9.18 Å². The second-order valence-corrected chi connectivity index (χ2v) is 11.5. The Bertz CT molecular complexity index is 1860. The molecule has 1 aromatic carbocycles. The molecule has 1 amide bonds. The molecule has 44 heavy (non-hydrogen) atoms. The van der Waals surface area contributed by atoms with Crippen molar-refractivity contribution in [1.29, 1.82) is 0 Å². The number of aromatic nitrogens is 4. The summed E-state index contributed by atoms with van der Waals surface area (Å²) < 4.78 is 17.7. The number of fused-ring (bicyclic) bond motifs is 1. The van der Waals surface area contributed by atoms with Crippen LogP contribution in [0.3, 0.4) is 0 Å². The summed E-state index contributed by atoms with van der Waals surface area (Å²) in [6.45, 7) is 14.1. The van der Waals surface area contributed by atoms with Crippen LogP contribution in [0.2, 0.25) is 0 Å². The molecule has 4 heterocycles. The fourth-order valence-electron chi connectivity index (χ4n) is 6.05. The van der Waals surface area contributed by atoms with Crippen LogP contribution in [0.1, 0.15) is 50.4 Å². The largest absolute Gasteiger partial charge is 0.355 e. The van der Waals surface area contributed by atoms with Gasteiger partial charge in [0, 0.05) is 36.9 Å². The Morgan fingerprint density at radius 2 is 1.80 bits per heavy atom. The van der Waals surface area contributed by atoms with Gasteiger partial charge in [0.15, 0.2) is 5.65 Å². The highest BCUT2D eigenvalue weighted by molar-refractivity contribution is 6.50. The van der Waals surface area contributed by atoms with Gasteiger partial charge in [0.1, 0.15) is 17.3 Å². The summed E-state index contributed by atoms with van der Waals surface area (Å²) in [5.74, 6) is -0.500. The molecule has 1 fully saturated rings. The lowest BCUT2D eigenvalue weighted by Crippen LogP contribution is -2.58. The van der Waals surface area contributed by atoms with Crippen LogP contribution in [0, 0.1) is 12.7 Å². The molecular formula is C33H33B2FN6O2. The standard InChI is InChI=1S/C33H33B2FN6O2/c1-7-27(43)40-16-20(5)41(21(6)17-40)32-24-15-25(36)29(23-11-9-8-10-22(23)14-26(34)35)38-31(24)42(33(44)39-32)30-19(4)12-13-37-28(30)18(2)3/h7-15,18,20-21H,1,16-17H2,2-6H3/t20-,21-/m0/s1. The summed E-state index contributed by atoms with van der Waals surface area (Å²) in [6, 6.07) is 9.79. The molecule has 5 rings (SSSR count). The minimum absolute atomic E-state index is 0.0274. The van der Waals surface area contributed by atoms with E-state index in [1.807, 2.05) is 45.6 Å². The van der Waals surface area contributed by atoms with E-state index in [9.17, 15) is 9.59 Å². The number of carbonyl (C=O) groups is 1. The Labute approximate surface area is 259 Å². The SMILES string of the molecule is [B]C([B])=Cc1ccccc1-c1nc2c(cc1F)c(N1[C@@H](C)CN(C(=O)C=C)C[C@@H]1C)nc(=O)n2-c1c(C)ccnc1C(C)C. The molecule has 1 saturated heterocycles. The number of hydrogen-bond donors (Lipinski definition) is 0. The highest BCUT2D eigenvalue weighted by Gasteiger charge is 2.34. The second kappa shape index (κ2) is 12.2. The summed E-state index contributed by atoms with van der Waals surface area (Å²) >= 11 is 0. The lowest BCUT2D eigenvalue weighted by Gasteiger charge is -2.45. The number of pyridine rings is 2. The topological polar surface area (TPSA) is 84.2 Å². The van der Waals surface area contributed by atoms with E-state index in [2.05, 4.69) is 16.5 Å². The molecule has 8 nitrogen and oxygen atoms in total. The average Bonchev–Trinajstić information content (AvgIpc) is 2.96. The van der Waals surface area contributed by atoms with Crippen molar-refractivity contribution in [3.8, 4) is 16.9 Å². The third kappa shape index (κ3) is 5.58. The number of aryl methyl sites for hydroxylation is 1. The molecule has 3 aromatic heterocycles. The van der Waals surface area contributed by atoms with Crippen LogP contribution in [0.25, 0.3) is 34.1 Å². The van der Waals surface area contributed by atoms with E-state index in [0.29, 0.717) is 46.8 Å². The van der Waals surface area contributed by atoms with E-state index in [1.165, 1.54) is 16.7 Å². The van der Waals surface area contributed by atoms with Gasteiger partial charge in [-0.15, -0.1) is 0 Å². The van der Waals surface area contributed by atoms with Gasteiger partial charge in [-0.2, -0.15) is 10.4 Å². The van der Waals surface area contributed by atoms with Gasteiger partial charge in [0.05, 0.1) is 32.5 Å². The molecule has 0 unspecified atom stereocenters. The number of hydrogen-bond acceptors (Lipinski definition) is 6. The number of rotatable bonds is 6. The molecule has 0 spiro atoms. The van der Waals surface area contributed by atoms with Crippen molar-refractivity contribution in [2.45, 2.75) is 52.6 Å². The molecule has 0 saturated carbocycles. The number of nitrogens with zero attached hydrogens (tertiary/aromatic N) is 6. The highest BCUT2D eigenvalue weighted by Crippen LogP contribution is 2.35. The minimum Gasteiger partial charge on any atom is -0.347 e. The van der Waals surface area contributed by atoms with Gasteiger partial charge < -0.3 is 9.80 Å². The number of anilines is 1. The third-order valence-electron chi connectivity index (χ3n) is 7.91. The molecule has 1 aliphatic rings. The summed E-state index contributed by atoms with van der Waals surface area (Å²) in [7, 11) is 11.6. The van der Waals surface area contributed by atoms with Crippen LogP contribution in [0.15, 0.2) is 65.4 Å². The molecule has 11 heteroatoms. The maximum Gasteiger partial charge on any atom is 0.355 e. The predicted molar refractivity (Wildman–Crippen MR) is 175 cm³/mol. The molecule has 4 radical (unpaired) electrons. The Balaban J connectivity index is 1.85. The maximum atomic E-state index is 16.2. The smallest absolute Gasteiger partial charge is 0.347 e. The number of piperazine rings is 1. The first-order valence-electron chi connectivity index (χ1n) is 14.5. The van der Waals surface area contributed by atoms with Crippen molar-refractivity contribution in [1.82, 2.24) is 24.4 Å². The summed E-state index contributed by atoms with van der Waals surface area (Å²) in [6.07, 6.45) is 4.54. The van der Waals surface area contributed by atoms with Crippen molar-refractivity contribution >= 4 is 44.5 Å². The number of halogens is 1. The summed E-state index contributed by atoms with van der Waals surface area (Å²) in [4.78, 5) is 44.3. The first-order chi connectivity index (χ1) is 20.9. The maximum absolute atomic E-state index is 16.2. The fourth-order valence-corrected chi connectivity index (χ4v) is 6.05. The number of amides is 1. The van der Waals surface area contributed by atoms with Crippen LogP contribution in [0.5, 0.6) is 0 Å². The zero-order chi connectivity index (χ0) is 31.9. The van der Waals surface area contributed by atoms with Gasteiger partial charge >= 0.3 is 5.69 Å². The average molecular weight is 586 g/mol. The van der Waals surface area contributed by atoms with Crippen molar-refractivity contribution in [2.24, 2.45) is 0 Å². The van der Waals surface area contributed by atoms with Crippen molar-refractivity contribution in [2.75, 3.05) is 18.0 Å². The molecule has 220 valence electrons. The van der Waals surface area contributed by atoms with Gasteiger partial charge in [0.25, 0.3) is 0 Å². The first-order valence-corrected chi connectivity index (χ1v) is 14.5. The zero-order valence-electron chi connectivity index (χ0n) is 25.6. The Kier molecular flexibility index (Phi) is 8.59. The van der Waals surface area contributed by atoms with E-state index in [4.69, 9.17) is 20.7 Å². The molecule has 1 aliphatic heterocycles. The van der Waals surface area contributed by atoms with Crippen LogP contribution < -0.4 is 10.6 Å². The Morgan fingerprint density at radius 1 is 1.11 bits per heavy atom. The molecule has 0 N–H and O–H groups in total. The quantitative estimate of drug-likeness (QED) is 0.242. The molecule has 0 aliphatic carbocycles. The van der Waals surface area contributed by atoms with Gasteiger partial charge in [0.2, 0.25) is 5.91 Å². The van der Waals surface area contributed by atoms with Gasteiger partial charge in [-0.05, 0) is 56.0 Å². The van der Waals surface area contributed by atoms with Crippen LogP contribution in [0.4, 0.5) is 10.2 Å². The van der Waals surface area contributed by atoms with Gasteiger partial charge in [-0.25, -0.2) is 18.7 Å². The van der Waals surface area contributed by atoms with E-state index in [1.54, 1.807) is 41.4 Å². The van der Waals surface area contributed by atoms with E-state index in [0.717, 1.165) is 5.56 Å². The predicted octanol–water partition coefficient (Wildman–Crippen LogP) is 4.66. The van der Waals surface area contributed by atoms with Crippen LogP contribution >= 0.6 is 0 Å². The summed E-state index contributed by atoms with van der Waals surface area (Å²) in [5.41, 5.74) is 2.78. The van der Waals surface area contributed by atoms with Crippen LogP contribution in [-0.4, -0.2) is 71.2 Å². The number of benzene rings is 1. The minimum atomic E-state index is -0.602. The van der Waals surface area contributed by atoms with Crippen LogP contribution in [-0.2, 0) is 4.79 Å². The molecule has 0 bridgehead atoms. The van der Waals surface area contributed by atoms with Crippen molar-refractivity contribution in [3.63, 3.8) is 0 Å². The summed E-state index contributed by atoms with van der Waals surface area (Å²) in [5, 5.41) is 0.420. The second-order valence-electron chi connectivity index (χ2n) is 11.5. The Morgan fingerprint density at radius 3 is 2.43 bits per heavy atom.